The van der Waals surface area contributed by atoms with Crippen LogP contribution in [0, 0.1) is 0 Å². The van der Waals surface area contributed by atoms with Crippen molar-refractivity contribution in [2.24, 2.45) is 0 Å². The smallest absolute Gasteiger partial charge is 0.471 e. The second kappa shape index (κ2) is 6.33. The molecule has 0 aliphatic carbocycles. The van der Waals surface area contributed by atoms with Crippen LogP contribution in [0.25, 0.3) is 0 Å². The highest BCUT2D eigenvalue weighted by atomic mass is 19.4. The Balaban J connectivity index is 3.12. The maximum Gasteiger partial charge on any atom is 0.471 e. The molecule has 21 heavy (non-hydrogen) atoms. The van der Waals surface area contributed by atoms with Gasteiger partial charge in [0.1, 0.15) is 0 Å². The fourth-order valence-electron chi connectivity index (χ4n) is 1.53. The first kappa shape index (κ1) is 16.6. The fraction of sp³-hybridized carbons (Fsp3) is 0.333. The van der Waals surface area contributed by atoms with Gasteiger partial charge in [-0.15, -0.1) is 0 Å². The van der Waals surface area contributed by atoms with Gasteiger partial charge in [0.2, 0.25) is 0 Å². The molecule has 0 heterocycles. The van der Waals surface area contributed by atoms with Crippen LogP contribution in [0.2, 0.25) is 0 Å². The number of carbonyl (C=O) groups is 2. The Morgan fingerprint density at radius 3 is 2.19 bits per heavy atom. The van der Waals surface area contributed by atoms with Crippen molar-refractivity contribution in [2.45, 2.75) is 12.2 Å². The second-order valence-corrected chi connectivity index (χ2v) is 3.86. The van der Waals surface area contributed by atoms with Crippen molar-refractivity contribution in [3.8, 4) is 11.5 Å². The van der Waals surface area contributed by atoms with Gasteiger partial charge in [-0.1, -0.05) is 6.07 Å². The molecule has 0 bridgehead atoms. The number of benzene rings is 1. The average molecular weight is 307 g/mol. The van der Waals surface area contributed by atoms with Crippen LogP contribution in [-0.2, 0) is 9.59 Å². The molecule has 0 saturated heterocycles. The summed E-state index contributed by atoms with van der Waals surface area (Å²) in [6.45, 7) is 0. The number of carbonyl (C=O) groups excluding carboxylic acids is 1. The Labute approximate surface area is 117 Å². The molecule has 1 aromatic rings. The van der Waals surface area contributed by atoms with Gasteiger partial charge in [0.25, 0.3) is 0 Å². The number of carboxylic acids is 1. The molecule has 1 aromatic carbocycles. The Morgan fingerprint density at radius 1 is 1.19 bits per heavy atom. The summed E-state index contributed by atoms with van der Waals surface area (Å²) in [5.74, 6) is -3.58. The molecular formula is C12H12F3NO5. The lowest BCUT2D eigenvalue weighted by Crippen LogP contribution is -2.41. The Morgan fingerprint density at radius 2 is 1.76 bits per heavy atom. The summed E-state index contributed by atoms with van der Waals surface area (Å²) in [6.07, 6.45) is -5.18. The van der Waals surface area contributed by atoms with Crippen molar-refractivity contribution in [2.75, 3.05) is 14.2 Å². The van der Waals surface area contributed by atoms with Crippen molar-refractivity contribution in [3.63, 3.8) is 0 Å². The first-order valence-electron chi connectivity index (χ1n) is 5.53. The first-order valence-corrected chi connectivity index (χ1v) is 5.53. The SMILES string of the molecule is COc1ccc(C(NC(=O)C(F)(F)F)C(=O)O)cc1OC. The van der Waals surface area contributed by atoms with Gasteiger partial charge in [-0.25, -0.2) is 4.79 Å². The summed E-state index contributed by atoms with van der Waals surface area (Å²) < 4.78 is 46.5. The molecule has 9 heteroatoms. The molecule has 1 rings (SSSR count). The molecule has 0 aliphatic rings. The van der Waals surface area contributed by atoms with Crippen LogP contribution >= 0.6 is 0 Å². The van der Waals surface area contributed by atoms with E-state index in [0.717, 1.165) is 0 Å². The van der Waals surface area contributed by atoms with E-state index in [4.69, 9.17) is 14.6 Å². The van der Waals surface area contributed by atoms with Crippen LogP contribution in [0.15, 0.2) is 18.2 Å². The predicted octanol–water partition coefficient (Wildman–Crippen LogP) is 1.51. The number of alkyl halides is 3. The molecule has 0 aliphatic heterocycles. The van der Waals surface area contributed by atoms with Crippen molar-refractivity contribution in [3.05, 3.63) is 23.8 Å². The fourth-order valence-corrected chi connectivity index (χ4v) is 1.53. The molecule has 1 atom stereocenters. The Kier molecular flexibility index (Phi) is 5.01. The number of nitrogens with one attached hydrogen (secondary N) is 1. The molecule has 0 saturated carbocycles. The molecule has 0 radical (unpaired) electrons. The lowest BCUT2D eigenvalue weighted by molar-refractivity contribution is -0.175. The summed E-state index contributed by atoms with van der Waals surface area (Å²) in [5, 5.41) is 10.4. The van der Waals surface area contributed by atoms with Crippen molar-refractivity contribution in [1.29, 1.82) is 0 Å². The highest BCUT2D eigenvalue weighted by Gasteiger charge is 2.41. The van der Waals surface area contributed by atoms with E-state index in [1.807, 2.05) is 0 Å². The molecular weight excluding hydrogens is 295 g/mol. The number of ether oxygens (including phenoxy) is 2. The normalized spacial score (nSPS) is 12.4. The maximum absolute atomic E-state index is 12.2. The Hall–Kier alpha value is -2.45. The van der Waals surface area contributed by atoms with Gasteiger partial charge in [-0.05, 0) is 17.7 Å². The summed E-state index contributed by atoms with van der Waals surface area (Å²) in [5.41, 5.74) is -0.0854. The van der Waals surface area contributed by atoms with Crippen molar-refractivity contribution in [1.82, 2.24) is 5.32 Å². The zero-order chi connectivity index (χ0) is 16.2. The van der Waals surface area contributed by atoms with Gasteiger partial charge in [-0.2, -0.15) is 13.2 Å². The number of carboxylic acid groups (broad SMARTS) is 1. The quantitative estimate of drug-likeness (QED) is 0.861. The number of hydrogen-bond acceptors (Lipinski definition) is 4. The average Bonchev–Trinajstić information content (AvgIpc) is 2.42. The molecule has 0 fully saturated rings. The third kappa shape index (κ3) is 4.01. The van der Waals surface area contributed by atoms with Crippen LogP contribution in [-0.4, -0.2) is 37.4 Å². The van der Waals surface area contributed by atoms with Crippen LogP contribution in [0.1, 0.15) is 11.6 Å². The van der Waals surface area contributed by atoms with Crippen molar-refractivity contribution >= 4 is 11.9 Å². The van der Waals surface area contributed by atoms with Gasteiger partial charge in [0.05, 0.1) is 14.2 Å². The number of aliphatic carboxylic acids is 1. The van der Waals surface area contributed by atoms with E-state index >= 15 is 0 Å². The third-order valence-electron chi connectivity index (χ3n) is 2.52. The molecule has 1 amide bonds. The minimum atomic E-state index is -5.18. The van der Waals surface area contributed by atoms with Gasteiger partial charge in [-0.3, -0.25) is 4.79 Å². The number of hydrogen-bond donors (Lipinski definition) is 2. The van der Waals surface area contributed by atoms with Crippen LogP contribution < -0.4 is 14.8 Å². The van der Waals surface area contributed by atoms with E-state index in [0.29, 0.717) is 0 Å². The highest BCUT2D eigenvalue weighted by molar-refractivity contribution is 5.87. The zero-order valence-electron chi connectivity index (χ0n) is 11.0. The first-order chi connectivity index (χ1) is 9.70. The second-order valence-electron chi connectivity index (χ2n) is 3.86. The van der Waals surface area contributed by atoms with Crippen LogP contribution in [0.4, 0.5) is 13.2 Å². The van der Waals surface area contributed by atoms with E-state index in [1.165, 1.54) is 37.7 Å². The third-order valence-corrected chi connectivity index (χ3v) is 2.52. The van der Waals surface area contributed by atoms with E-state index in [2.05, 4.69) is 0 Å². The zero-order valence-corrected chi connectivity index (χ0v) is 11.0. The lowest BCUT2D eigenvalue weighted by atomic mass is 10.1. The summed E-state index contributed by atoms with van der Waals surface area (Å²) in [7, 11) is 2.63. The molecule has 6 nitrogen and oxygen atoms in total. The number of halogens is 3. The van der Waals surface area contributed by atoms with E-state index in [1.54, 1.807) is 0 Å². The topological polar surface area (TPSA) is 84.9 Å². The van der Waals surface area contributed by atoms with Crippen molar-refractivity contribution < 1.29 is 37.3 Å². The molecule has 2 N–H and O–H groups in total. The number of methoxy groups -OCH3 is 2. The van der Waals surface area contributed by atoms with Gasteiger partial charge >= 0.3 is 18.1 Å². The number of amides is 1. The minimum absolute atomic E-state index is 0.0854. The summed E-state index contributed by atoms with van der Waals surface area (Å²) in [6, 6.07) is 1.86. The maximum atomic E-state index is 12.2. The largest absolute Gasteiger partial charge is 0.493 e. The van der Waals surface area contributed by atoms with Gasteiger partial charge in [0.15, 0.2) is 17.5 Å². The van der Waals surface area contributed by atoms with Crippen LogP contribution in [0.3, 0.4) is 0 Å². The predicted molar refractivity (Wildman–Crippen MR) is 64.1 cm³/mol. The van der Waals surface area contributed by atoms with E-state index in [9.17, 15) is 22.8 Å². The van der Waals surface area contributed by atoms with Gasteiger partial charge in [0, 0.05) is 0 Å². The molecule has 116 valence electrons. The molecule has 1 unspecified atom stereocenters. The van der Waals surface area contributed by atoms with E-state index < -0.39 is 24.1 Å². The molecule has 0 aromatic heterocycles. The highest BCUT2D eigenvalue weighted by Crippen LogP contribution is 2.30. The Bertz CT molecular complexity index is 544. The molecule has 0 spiro atoms. The van der Waals surface area contributed by atoms with Crippen LogP contribution in [0.5, 0.6) is 11.5 Å². The summed E-state index contributed by atoms with van der Waals surface area (Å²) in [4.78, 5) is 21.9. The minimum Gasteiger partial charge on any atom is -0.493 e. The van der Waals surface area contributed by atoms with Gasteiger partial charge < -0.3 is 19.9 Å². The standard InChI is InChI=1S/C12H12F3NO5/c1-20-7-4-3-6(5-8(7)21-2)9(10(17)18)16-11(19)12(13,14)15/h3-5,9H,1-2H3,(H,16,19)(H,17,18). The lowest BCUT2D eigenvalue weighted by Gasteiger charge is -2.17. The van der Waals surface area contributed by atoms with E-state index in [-0.39, 0.29) is 17.1 Å². The monoisotopic (exact) mass is 307 g/mol. The summed E-state index contributed by atoms with van der Waals surface area (Å²) >= 11 is 0. The number of rotatable bonds is 5.